The van der Waals surface area contributed by atoms with Crippen LogP contribution >= 0.6 is 15.9 Å². The zero-order chi connectivity index (χ0) is 11.9. The van der Waals surface area contributed by atoms with Crippen LogP contribution in [0.2, 0.25) is 0 Å². The van der Waals surface area contributed by atoms with Gasteiger partial charge in [0.25, 0.3) is 0 Å². The van der Waals surface area contributed by atoms with Crippen LogP contribution in [0.25, 0.3) is 0 Å². The SMILES string of the molecule is CC(C)CCOCCNC(=O)C(C)(C)Br. The fourth-order valence-electron chi connectivity index (χ4n) is 0.868. The number of amides is 1. The molecule has 0 rings (SSSR count). The Kier molecular flexibility index (Phi) is 7.18. The van der Waals surface area contributed by atoms with Crippen molar-refractivity contribution in [3.05, 3.63) is 0 Å². The molecule has 0 saturated carbocycles. The average Bonchev–Trinajstić information content (AvgIpc) is 2.08. The highest BCUT2D eigenvalue weighted by molar-refractivity contribution is 9.10. The minimum absolute atomic E-state index is 0.00467. The molecule has 0 fully saturated rings. The zero-order valence-electron chi connectivity index (χ0n) is 10.1. The summed E-state index contributed by atoms with van der Waals surface area (Å²) in [5, 5.41) is 2.80. The van der Waals surface area contributed by atoms with Crippen molar-refractivity contribution in [1.82, 2.24) is 5.32 Å². The summed E-state index contributed by atoms with van der Waals surface area (Å²) < 4.78 is 4.88. The lowest BCUT2D eigenvalue weighted by molar-refractivity contribution is -0.122. The first-order chi connectivity index (χ1) is 6.84. The molecule has 0 unspecified atom stereocenters. The number of hydrogen-bond acceptors (Lipinski definition) is 2. The van der Waals surface area contributed by atoms with Gasteiger partial charge in [0.1, 0.15) is 0 Å². The van der Waals surface area contributed by atoms with Crippen molar-refractivity contribution in [3.8, 4) is 0 Å². The number of carbonyl (C=O) groups is 1. The van der Waals surface area contributed by atoms with E-state index in [0.717, 1.165) is 13.0 Å². The van der Waals surface area contributed by atoms with Gasteiger partial charge in [0.2, 0.25) is 5.91 Å². The lowest BCUT2D eigenvalue weighted by Crippen LogP contribution is -2.39. The van der Waals surface area contributed by atoms with Gasteiger partial charge in [-0.25, -0.2) is 0 Å². The predicted molar refractivity (Wildman–Crippen MR) is 66.3 cm³/mol. The zero-order valence-corrected chi connectivity index (χ0v) is 11.7. The second-order valence-corrected chi connectivity index (χ2v) is 6.51. The molecule has 0 radical (unpaired) electrons. The predicted octanol–water partition coefficient (Wildman–Crippen LogP) is 2.34. The molecule has 0 aliphatic carbocycles. The fourth-order valence-corrected chi connectivity index (χ4v) is 1.01. The van der Waals surface area contributed by atoms with Crippen LogP contribution in [0.5, 0.6) is 0 Å². The summed E-state index contributed by atoms with van der Waals surface area (Å²) >= 11 is 3.29. The molecule has 3 nitrogen and oxygen atoms in total. The van der Waals surface area contributed by atoms with E-state index in [1.165, 1.54) is 0 Å². The van der Waals surface area contributed by atoms with Gasteiger partial charge in [-0.1, -0.05) is 29.8 Å². The van der Waals surface area contributed by atoms with Crippen LogP contribution in [0.15, 0.2) is 0 Å². The van der Waals surface area contributed by atoms with Crippen LogP contribution in [-0.4, -0.2) is 30.0 Å². The van der Waals surface area contributed by atoms with Crippen molar-refractivity contribution < 1.29 is 9.53 Å². The maximum atomic E-state index is 11.4. The van der Waals surface area contributed by atoms with E-state index in [0.29, 0.717) is 19.1 Å². The summed E-state index contributed by atoms with van der Waals surface area (Å²) in [4.78, 5) is 11.4. The molecular weight excluding hydrogens is 258 g/mol. The monoisotopic (exact) mass is 279 g/mol. The van der Waals surface area contributed by atoms with Gasteiger partial charge in [-0.05, 0) is 26.2 Å². The maximum absolute atomic E-state index is 11.4. The molecule has 0 spiro atoms. The first-order valence-electron chi connectivity index (χ1n) is 5.39. The first-order valence-corrected chi connectivity index (χ1v) is 6.18. The van der Waals surface area contributed by atoms with Gasteiger partial charge >= 0.3 is 0 Å². The smallest absolute Gasteiger partial charge is 0.236 e. The number of ether oxygens (including phenoxy) is 1. The van der Waals surface area contributed by atoms with Crippen LogP contribution in [0, 0.1) is 5.92 Å². The van der Waals surface area contributed by atoms with Crippen molar-refractivity contribution in [2.45, 2.75) is 38.4 Å². The Morgan fingerprint density at radius 3 is 2.47 bits per heavy atom. The molecule has 0 bridgehead atoms. The average molecular weight is 280 g/mol. The van der Waals surface area contributed by atoms with Crippen LogP contribution in [0.4, 0.5) is 0 Å². The number of carbonyl (C=O) groups excluding carboxylic acids is 1. The number of hydrogen-bond donors (Lipinski definition) is 1. The molecule has 0 heterocycles. The van der Waals surface area contributed by atoms with Gasteiger partial charge in [0, 0.05) is 13.2 Å². The minimum Gasteiger partial charge on any atom is -0.380 e. The van der Waals surface area contributed by atoms with Gasteiger partial charge in [0.05, 0.1) is 10.9 Å². The van der Waals surface area contributed by atoms with Gasteiger partial charge in [-0.2, -0.15) is 0 Å². The molecule has 1 amide bonds. The van der Waals surface area contributed by atoms with E-state index in [2.05, 4.69) is 35.1 Å². The van der Waals surface area contributed by atoms with Crippen LogP contribution in [0.1, 0.15) is 34.1 Å². The molecule has 0 aromatic rings. The molecule has 4 heteroatoms. The van der Waals surface area contributed by atoms with Gasteiger partial charge in [-0.3, -0.25) is 4.79 Å². The third-order valence-electron chi connectivity index (χ3n) is 1.91. The third kappa shape index (κ3) is 8.88. The number of rotatable bonds is 7. The molecule has 1 N–H and O–H groups in total. The Hall–Kier alpha value is -0.0900. The van der Waals surface area contributed by atoms with E-state index in [4.69, 9.17) is 4.74 Å². The number of nitrogens with one attached hydrogen (secondary N) is 1. The van der Waals surface area contributed by atoms with Gasteiger partial charge < -0.3 is 10.1 Å². The van der Waals surface area contributed by atoms with E-state index in [-0.39, 0.29) is 5.91 Å². The van der Waals surface area contributed by atoms with Crippen LogP contribution < -0.4 is 5.32 Å². The summed E-state index contributed by atoms with van der Waals surface area (Å²) in [6.45, 7) is 9.90. The first kappa shape index (κ1) is 14.9. The highest BCUT2D eigenvalue weighted by Crippen LogP contribution is 2.14. The van der Waals surface area contributed by atoms with Crippen molar-refractivity contribution in [1.29, 1.82) is 0 Å². The Bertz CT molecular complexity index is 188. The fraction of sp³-hybridized carbons (Fsp3) is 0.909. The van der Waals surface area contributed by atoms with Crippen LogP contribution in [-0.2, 0) is 9.53 Å². The Labute approximate surface area is 101 Å². The molecule has 0 aliphatic rings. The standard InChI is InChI=1S/C11H22BrNO2/c1-9(2)5-7-15-8-6-13-10(14)11(3,4)12/h9H,5-8H2,1-4H3,(H,13,14). The normalized spacial score (nSPS) is 11.9. The largest absolute Gasteiger partial charge is 0.380 e. The maximum Gasteiger partial charge on any atom is 0.236 e. The van der Waals surface area contributed by atoms with Gasteiger partial charge in [0.15, 0.2) is 0 Å². The number of alkyl halides is 1. The third-order valence-corrected chi connectivity index (χ3v) is 2.27. The molecule has 15 heavy (non-hydrogen) atoms. The van der Waals surface area contributed by atoms with Crippen LogP contribution in [0.3, 0.4) is 0 Å². The Balaban J connectivity index is 3.36. The van der Waals surface area contributed by atoms with Crippen molar-refractivity contribution in [3.63, 3.8) is 0 Å². The summed E-state index contributed by atoms with van der Waals surface area (Å²) in [6, 6.07) is 0. The van der Waals surface area contributed by atoms with Crippen molar-refractivity contribution >= 4 is 21.8 Å². The quantitative estimate of drug-likeness (QED) is 0.574. The molecule has 0 aliphatic heterocycles. The molecule has 0 atom stereocenters. The van der Waals surface area contributed by atoms with Gasteiger partial charge in [-0.15, -0.1) is 0 Å². The summed E-state index contributed by atoms with van der Waals surface area (Å²) in [5.74, 6) is 0.663. The molecule has 0 aromatic heterocycles. The Morgan fingerprint density at radius 1 is 1.40 bits per heavy atom. The second-order valence-electron chi connectivity index (χ2n) is 4.52. The summed E-state index contributed by atoms with van der Waals surface area (Å²) in [5.41, 5.74) is 0. The van der Waals surface area contributed by atoms with Crippen molar-refractivity contribution in [2.24, 2.45) is 5.92 Å². The molecular formula is C11H22BrNO2. The van der Waals surface area contributed by atoms with E-state index >= 15 is 0 Å². The minimum atomic E-state index is -0.495. The number of halogens is 1. The van der Waals surface area contributed by atoms with E-state index in [9.17, 15) is 4.79 Å². The van der Waals surface area contributed by atoms with E-state index in [1.807, 2.05) is 13.8 Å². The Morgan fingerprint density at radius 2 is 2.00 bits per heavy atom. The second kappa shape index (κ2) is 7.23. The van der Waals surface area contributed by atoms with E-state index in [1.54, 1.807) is 0 Å². The topological polar surface area (TPSA) is 38.3 Å². The molecule has 0 aromatic carbocycles. The summed E-state index contributed by atoms with van der Waals surface area (Å²) in [7, 11) is 0. The van der Waals surface area contributed by atoms with Crippen molar-refractivity contribution in [2.75, 3.05) is 19.8 Å². The highest BCUT2D eigenvalue weighted by Gasteiger charge is 2.22. The summed E-state index contributed by atoms with van der Waals surface area (Å²) in [6.07, 6.45) is 1.07. The molecule has 0 saturated heterocycles. The molecule has 90 valence electrons. The van der Waals surface area contributed by atoms with E-state index < -0.39 is 4.32 Å². The lowest BCUT2D eigenvalue weighted by atomic mass is 10.1. The highest BCUT2D eigenvalue weighted by atomic mass is 79.9. The lowest BCUT2D eigenvalue weighted by Gasteiger charge is -2.15.